The minimum atomic E-state index is -5.13. The van der Waals surface area contributed by atoms with Gasteiger partial charge in [0.05, 0.1) is 13.7 Å². The van der Waals surface area contributed by atoms with Gasteiger partial charge < -0.3 is 58.6 Å². The van der Waals surface area contributed by atoms with E-state index in [0.29, 0.717) is 0 Å². The third-order valence-electron chi connectivity index (χ3n) is 5.76. The van der Waals surface area contributed by atoms with Gasteiger partial charge in [0.25, 0.3) is 0 Å². The van der Waals surface area contributed by atoms with Gasteiger partial charge in [-0.2, -0.15) is 8.42 Å². The lowest BCUT2D eigenvalue weighted by molar-refractivity contribution is -0.277. The van der Waals surface area contributed by atoms with Gasteiger partial charge in [-0.25, -0.2) is 0 Å². The quantitative estimate of drug-likeness (QED) is 0.123. The lowest BCUT2D eigenvalue weighted by Gasteiger charge is -2.39. The van der Waals surface area contributed by atoms with Crippen LogP contribution >= 0.6 is 0 Å². The van der Waals surface area contributed by atoms with Crippen LogP contribution in [0.15, 0.2) is 33.5 Å². The summed E-state index contributed by atoms with van der Waals surface area (Å²) in [6.45, 7) is -0.815. The SMILES string of the molecule is COc1c(OS(=O)(=O)O)cc2oc(-c3ccc(O)c(O)c3)c(O[C@@H]3O[C@H](CO)[C@@H](O)[C@H](O)[C@H]3O)c(=O)c2c1O. The second kappa shape index (κ2) is 10.4. The number of hydrogen-bond donors (Lipinski definition) is 8. The molecule has 16 nitrogen and oxygen atoms in total. The van der Waals surface area contributed by atoms with Crippen LogP contribution in [0.3, 0.4) is 0 Å². The van der Waals surface area contributed by atoms with Crippen molar-refractivity contribution < 1.29 is 71.5 Å². The Balaban J connectivity index is 1.99. The van der Waals surface area contributed by atoms with Crippen molar-refractivity contribution in [2.45, 2.75) is 30.7 Å². The highest BCUT2D eigenvalue weighted by atomic mass is 32.3. The molecule has 39 heavy (non-hydrogen) atoms. The largest absolute Gasteiger partial charge is 0.504 e. The van der Waals surface area contributed by atoms with E-state index in [9.17, 15) is 49.0 Å². The zero-order chi connectivity index (χ0) is 28.8. The van der Waals surface area contributed by atoms with E-state index < -0.39 is 104 Å². The van der Waals surface area contributed by atoms with Gasteiger partial charge >= 0.3 is 10.4 Å². The van der Waals surface area contributed by atoms with Crippen LogP contribution in [-0.4, -0.2) is 93.1 Å². The molecule has 5 atom stereocenters. The maximum absolute atomic E-state index is 13.6. The molecular formula is C22H22O16S. The second-order valence-corrected chi connectivity index (χ2v) is 9.27. The molecule has 4 rings (SSSR count). The Morgan fingerprint density at radius 1 is 0.974 bits per heavy atom. The van der Waals surface area contributed by atoms with Crippen LogP contribution in [0.4, 0.5) is 0 Å². The molecule has 0 unspecified atom stereocenters. The molecule has 1 aromatic heterocycles. The van der Waals surface area contributed by atoms with Crippen LogP contribution < -0.4 is 19.1 Å². The Morgan fingerprint density at radius 2 is 1.67 bits per heavy atom. The topological polar surface area (TPSA) is 263 Å². The zero-order valence-corrected chi connectivity index (χ0v) is 20.5. The fourth-order valence-electron chi connectivity index (χ4n) is 3.89. The summed E-state index contributed by atoms with van der Waals surface area (Å²) in [6, 6.07) is 3.91. The molecule has 1 aliphatic heterocycles. The van der Waals surface area contributed by atoms with Gasteiger partial charge in [-0.1, -0.05) is 0 Å². The fourth-order valence-corrected chi connectivity index (χ4v) is 4.24. The molecule has 1 fully saturated rings. The molecule has 212 valence electrons. The van der Waals surface area contributed by atoms with Crippen LogP contribution in [0.1, 0.15) is 0 Å². The number of aliphatic hydroxyl groups excluding tert-OH is 4. The number of aromatic hydroxyl groups is 3. The van der Waals surface area contributed by atoms with Crippen LogP contribution in [0.5, 0.6) is 34.5 Å². The van der Waals surface area contributed by atoms with Crippen molar-refractivity contribution in [3.8, 4) is 45.8 Å². The minimum Gasteiger partial charge on any atom is -0.504 e. The summed E-state index contributed by atoms with van der Waals surface area (Å²) in [5.41, 5.74) is -1.85. The summed E-state index contributed by atoms with van der Waals surface area (Å²) in [7, 11) is -4.15. The van der Waals surface area contributed by atoms with Crippen LogP contribution in [-0.2, 0) is 15.1 Å². The van der Waals surface area contributed by atoms with E-state index in [-0.39, 0.29) is 5.56 Å². The van der Waals surface area contributed by atoms with E-state index in [2.05, 4.69) is 4.18 Å². The molecule has 3 aromatic rings. The van der Waals surface area contributed by atoms with E-state index in [1.54, 1.807) is 0 Å². The Hall–Kier alpha value is -3.84. The number of benzene rings is 2. The number of ether oxygens (including phenoxy) is 3. The summed E-state index contributed by atoms with van der Waals surface area (Å²) < 4.78 is 57.4. The molecule has 0 saturated carbocycles. The summed E-state index contributed by atoms with van der Waals surface area (Å²) in [4.78, 5) is 13.6. The first-order valence-corrected chi connectivity index (χ1v) is 12.2. The summed E-state index contributed by atoms with van der Waals surface area (Å²) in [5.74, 6) is -5.04. The van der Waals surface area contributed by atoms with Gasteiger partial charge in [0.15, 0.2) is 28.8 Å². The summed E-state index contributed by atoms with van der Waals surface area (Å²) >= 11 is 0. The molecule has 1 saturated heterocycles. The Bertz CT molecular complexity index is 1560. The zero-order valence-electron chi connectivity index (χ0n) is 19.7. The number of phenols is 3. The van der Waals surface area contributed by atoms with Gasteiger partial charge in [0.1, 0.15) is 35.4 Å². The average Bonchev–Trinajstić information content (AvgIpc) is 2.86. The van der Waals surface area contributed by atoms with Gasteiger partial charge in [0.2, 0.25) is 23.2 Å². The predicted molar refractivity (Wildman–Crippen MR) is 126 cm³/mol. The molecule has 0 radical (unpaired) electrons. The van der Waals surface area contributed by atoms with Crippen molar-refractivity contribution in [1.82, 2.24) is 0 Å². The third kappa shape index (κ3) is 5.23. The standard InChI is InChI=1S/C22H22O16S/c1-34-20-11(38-39(31,32)33)5-10-13(15(20)27)16(28)21(19(35-10)7-2-3-8(24)9(25)4-7)37-22-18(30)17(29)14(26)12(6-23)36-22/h2-5,12,14,17-18,22-27,29-30H,6H2,1H3,(H,31,32,33)/t12-,14-,17+,18-,22+/m1/s1. The molecular weight excluding hydrogens is 552 g/mol. The average molecular weight is 574 g/mol. The molecule has 0 aliphatic carbocycles. The number of phenolic OH excluding ortho intramolecular Hbond substituents is 3. The minimum absolute atomic E-state index is 0.128. The predicted octanol–water partition coefficient (Wildman–Crippen LogP) is -1.05. The summed E-state index contributed by atoms with van der Waals surface area (Å²) in [5, 5.41) is 69.7. The maximum Gasteiger partial charge on any atom is 0.446 e. The number of aliphatic hydroxyl groups is 4. The lowest BCUT2D eigenvalue weighted by atomic mass is 9.99. The van der Waals surface area contributed by atoms with E-state index >= 15 is 0 Å². The molecule has 2 aromatic carbocycles. The molecule has 0 spiro atoms. The van der Waals surface area contributed by atoms with Gasteiger partial charge in [-0.15, -0.1) is 0 Å². The molecule has 8 N–H and O–H groups in total. The van der Waals surface area contributed by atoms with Crippen LogP contribution in [0, 0.1) is 0 Å². The number of rotatable bonds is 7. The monoisotopic (exact) mass is 574 g/mol. The first-order chi connectivity index (χ1) is 18.3. The van der Waals surface area contributed by atoms with E-state index in [1.165, 1.54) is 0 Å². The van der Waals surface area contributed by atoms with Crippen molar-refractivity contribution in [1.29, 1.82) is 0 Å². The third-order valence-corrected chi connectivity index (χ3v) is 6.15. The maximum atomic E-state index is 13.6. The van der Waals surface area contributed by atoms with Crippen LogP contribution in [0.25, 0.3) is 22.3 Å². The Kier molecular flexibility index (Phi) is 7.50. The lowest BCUT2D eigenvalue weighted by Crippen LogP contribution is -2.60. The highest BCUT2D eigenvalue weighted by Gasteiger charge is 2.45. The van der Waals surface area contributed by atoms with E-state index in [0.717, 1.165) is 31.4 Å². The van der Waals surface area contributed by atoms with Gasteiger partial charge in [0, 0.05) is 11.6 Å². The molecule has 1 aliphatic rings. The van der Waals surface area contributed by atoms with E-state index in [1.807, 2.05) is 0 Å². The first kappa shape index (κ1) is 28.2. The van der Waals surface area contributed by atoms with Crippen molar-refractivity contribution in [2.24, 2.45) is 0 Å². The van der Waals surface area contributed by atoms with Crippen molar-refractivity contribution in [3.63, 3.8) is 0 Å². The number of fused-ring (bicyclic) bond motifs is 1. The smallest absolute Gasteiger partial charge is 0.446 e. The highest BCUT2D eigenvalue weighted by Crippen LogP contribution is 2.45. The first-order valence-electron chi connectivity index (χ1n) is 10.8. The number of hydrogen-bond acceptors (Lipinski definition) is 15. The van der Waals surface area contributed by atoms with Gasteiger partial charge in [-0.3, -0.25) is 9.35 Å². The van der Waals surface area contributed by atoms with Crippen molar-refractivity contribution in [2.75, 3.05) is 13.7 Å². The van der Waals surface area contributed by atoms with Crippen LogP contribution in [0.2, 0.25) is 0 Å². The molecule has 2 heterocycles. The van der Waals surface area contributed by atoms with E-state index in [4.69, 9.17) is 23.2 Å². The molecule has 0 bridgehead atoms. The number of methoxy groups -OCH3 is 1. The highest BCUT2D eigenvalue weighted by molar-refractivity contribution is 7.81. The second-order valence-electron chi connectivity index (χ2n) is 8.25. The Labute approximate surface area is 218 Å². The molecule has 17 heteroatoms. The van der Waals surface area contributed by atoms with Crippen molar-refractivity contribution >= 4 is 21.4 Å². The Morgan fingerprint density at radius 3 is 2.26 bits per heavy atom. The normalized spacial score (nSPS) is 23.5. The van der Waals surface area contributed by atoms with Crippen molar-refractivity contribution in [3.05, 3.63) is 34.5 Å². The molecule has 0 amide bonds. The summed E-state index contributed by atoms with van der Waals surface area (Å²) in [6.07, 6.45) is -8.91. The van der Waals surface area contributed by atoms with Gasteiger partial charge in [-0.05, 0) is 18.2 Å². The fraction of sp³-hybridized carbons (Fsp3) is 0.318.